The van der Waals surface area contributed by atoms with Crippen LogP contribution in [0.3, 0.4) is 0 Å². The molecule has 0 radical (unpaired) electrons. The highest BCUT2D eigenvalue weighted by Gasteiger charge is 2.19. The first-order valence-corrected chi connectivity index (χ1v) is 10.9. The van der Waals surface area contributed by atoms with Crippen LogP contribution in [0.25, 0.3) is 0 Å². The fourth-order valence-electron chi connectivity index (χ4n) is 2.10. The van der Waals surface area contributed by atoms with E-state index in [1.165, 1.54) is 0 Å². The average Bonchev–Trinajstić information content (AvgIpc) is 2.51. The lowest BCUT2D eigenvalue weighted by Gasteiger charge is -2.21. The summed E-state index contributed by atoms with van der Waals surface area (Å²) in [6, 6.07) is 15.4. The molecule has 5 heteroatoms. The van der Waals surface area contributed by atoms with Gasteiger partial charge in [0, 0.05) is 0 Å². The number of thiol groups is 1. The maximum absolute atomic E-state index is 5.92. The normalized spacial score (nSPS) is 10.8. The van der Waals surface area contributed by atoms with Crippen molar-refractivity contribution in [1.82, 2.24) is 0 Å². The Morgan fingerprint density at radius 2 is 1.26 bits per heavy atom. The van der Waals surface area contributed by atoms with Crippen molar-refractivity contribution in [2.24, 2.45) is 0 Å². The molecule has 2 aromatic rings. The molecular formula is C18H19O2PS2. The molecule has 0 N–H and O–H groups in total. The predicted molar refractivity (Wildman–Crippen MR) is 105 cm³/mol. The Hall–Kier alpha value is -1.48. The molecule has 2 rings (SSSR count). The van der Waals surface area contributed by atoms with Crippen molar-refractivity contribution in [3.8, 4) is 11.5 Å². The van der Waals surface area contributed by atoms with Gasteiger partial charge < -0.3 is 9.05 Å². The Labute approximate surface area is 148 Å². The Kier molecular flexibility index (Phi) is 6.52. The third-order valence-corrected chi connectivity index (χ3v) is 4.89. The van der Waals surface area contributed by atoms with Crippen molar-refractivity contribution in [3.05, 3.63) is 85.0 Å². The summed E-state index contributed by atoms with van der Waals surface area (Å²) in [6.45, 7) is 7.52. The maximum Gasteiger partial charge on any atom is 0.345 e. The van der Waals surface area contributed by atoms with Gasteiger partial charge in [-0.15, -0.1) is 13.2 Å². The van der Waals surface area contributed by atoms with Crippen LogP contribution < -0.4 is 9.05 Å². The second-order valence-corrected chi connectivity index (χ2v) is 9.99. The van der Waals surface area contributed by atoms with E-state index in [-0.39, 0.29) is 0 Å². The van der Waals surface area contributed by atoms with Gasteiger partial charge in [-0.05, 0) is 47.9 Å². The van der Waals surface area contributed by atoms with Crippen molar-refractivity contribution in [1.29, 1.82) is 0 Å². The molecule has 2 aromatic carbocycles. The van der Waals surface area contributed by atoms with Gasteiger partial charge in [0.1, 0.15) is 11.5 Å². The molecule has 0 aromatic heterocycles. The summed E-state index contributed by atoms with van der Waals surface area (Å²) in [5.74, 6) is 1.37. The predicted octanol–water partition coefficient (Wildman–Crippen LogP) is 5.76. The first-order chi connectivity index (χ1) is 11.1. The number of hydrogen-bond donors (Lipinski definition) is 1. The molecule has 0 fully saturated rings. The molecule has 0 unspecified atom stereocenters. The van der Waals surface area contributed by atoms with Gasteiger partial charge >= 0.3 is 5.69 Å². The molecular weight excluding hydrogens is 343 g/mol. The Balaban J connectivity index is 2.22. The third-order valence-electron chi connectivity index (χ3n) is 3.10. The number of benzene rings is 2. The fourth-order valence-corrected chi connectivity index (χ4v) is 4.00. The van der Waals surface area contributed by atoms with Crippen LogP contribution in [0.5, 0.6) is 11.5 Å². The zero-order valence-corrected chi connectivity index (χ0v) is 15.3. The highest BCUT2D eigenvalue weighted by atomic mass is 32.9. The number of rotatable bonds is 8. The molecule has 0 aliphatic heterocycles. The van der Waals surface area contributed by atoms with Crippen molar-refractivity contribution in [3.63, 3.8) is 0 Å². The third kappa shape index (κ3) is 5.28. The molecule has 23 heavy (non-hydrogen) atoms. The zero-order valence-electron chi connectivity index (χ0n) is 12.7. The van der Waals surface area contributed by atoms with E-state index >= 15 is 0 Å². The van der Waals surface area contributed by atoms with Crippen molar-refractivity contribution < 1.29 is 9.05 Å². The van der Waals surface area contributed by atoms with Gasteiger partial charge in [-0.1, -0.05) is 60.8 Å². The summed E-state index contributed by atoms with van der Waals surface area (Å²) < 4.78 is 11.8. The fraction of sp³-hybridized carbons (Fsp3) is 0.111. The van der Waals surface area contributed by atoms with E-state index in [4.69, 9.17) is 20.9 Å². The second-order valence-electron chi connectivity index (χ2n) is 4.85. The lowest BCUT2D eigenvalue weighted by molar-refractivity contribution is 0.501. The Bertz CT molecular complexity index is 684. The quantitative estimate of drug-likeness (QED) is 0.366. The minimum Gasteiger partial charge on any atom is -0.428 e. The van der Waals surface area contributed by atoms with Crippen molar-refractivity contribution in [2.45, 2.75) is 12.8 Å². The lowest BCUT2D eigenvalue weighted by atomic mass is 10.1. The van der Waals surface area contributed by atoms with E-state index in [2.05, 4.69) is 25.4 Å². The summed E-state index contributed by atoms with van der Waals surface area (Å²) in [5, 5.41) is 0. The highest BCUT2D eigenvalue weighted by Crippen LogP contribution is 2.54. The maximum atomic E-state index is 5.92. The van der Waals surface area contributed by atoms with Crippen molar-refractivity contribution in [2.75, 3.05) is 0 Å². The topological polar surface area (TPSA) is 18.5 Å². The van der Waals surface area contributed by atoms with E-state index in [1.54, 1.807) is 0 Å². The van der Waals surface area contributed by atoms with Crippen LogP contribution in [0, 0.1) is 0 Å². The van der Waals surface area contributed by atoms with Crippen LogP contribution in [-0.2, 0) is 24.6 Å². The average molecular weight is 362 g/mol. The monoisotopic (exact) mass is 362 g/mol. The van der Waals surface area contributed by atoms with Gasteiger partial charge in [0.25, 0.3) is 0 Å². The van der Waals surface area contributed by atoms with Crippen LogP contribution in [0.4, 0.5) is 0 Å². The van der Waals surface area contributed by atoms with Crippen LogP contribution in [0.1, 0.15) is 11.1 Å². The Morgan fingerprint density at radius 1 is 0.870 bits per heavy atom. The van der Waals surface area contributed by atoms with E-state index in [9.17, 15) is 0 Å². The van der Waals surface area contributed by atoms with Crippen LogP contribution in [-0.4, -0.2) is 0 Å². The number of allylic oxidation sites excluding steroid dienone is 2. The SMILES string of the molecule is C=CCc1ccccc1OP(=S)(S)Oc1ccccc1CC=C. The zero-order chi connectivity index (χ0) is 16.7. The largest absolute Gasteiger partial charge is 0.428 e. The molecule has 0 aliphatic carbocycles. The molecule has 0 heterocycles. The molecule has 0 bridgehead atoms. The standard InChI is InChI=1S/C18H19O2PS2/c1-3-9-15-11-5-7-13-17(15)19-21(22,23)20-18-14-8-6-12-16(18)10-4-2/h3-8,11-14H,1-2,9-10H2,(H,22,23). The summed E-state index contributed by atoms with van der Waals surface area (Å²) in [5.41, 5.74) is -0.762. The van der Waals surface area contributed by atoms with Crippen LogP contribution in [0.2, 0.25) is 0 Å². The summed E-state index contributed by atoms with van der Waals surface area (Å²) in [7, 11) is 0. The summed E-state index contributed by atoms with van der Waals surface area (Å²) >= 11 is 9.94. The highest BCUT2D eigenvalue weighted by molar-refractivity contribution is 8.60. The van der Waals surface area contributed by atoms with Gasteiger partial charge in [0.15, 0.2) is 0 Å². The first-order valence-electron chi connectivity index (χ1n) is 7.15. The molecule has 0 aliphatic rings. The van der Waals surface area contributed by atoms with Gasteiger partial charge in [0.05, 0.1) is 0 Å². The molecule has 0 atom stereocenters. The molecule has 0 saturated carbocycles. The van der Waals surface area contributed by atoms with Gasteiger partial charge in [-0.2, -0.15) is 0 Å². The Morgan fingerprint density at radius 3 is 1.65 bits per heavy atom. The first kappa shape index (κ1) is 17.9. The second kappa shape index (κ2) is 8.39. The van der Waals surface area contributed by atoms with Gasteiger partial charge in [-0.25, -0.2) is 0 Å². The van der Waals surface area contributed by atoms with E-state index in [0.29, 0.717) is 24.3 Å². The summed E-state index contributed by atoms with van der Waals surface area (Å²) in [6.07, 6.45) is 5.05. The number of hydrogen-bond acceptors (Lipinski definition) is 3. The van der Waals surface area contributed by atoms with Crippen molar-refractivity contribution >= 4 is 29.7 Å². The van der Waals surface area contributed by atoms with Crippen LogP contribution >= 0.6 is 17.9 Å². The minimum atomic E-state index is -2.78. The number of para-hydroxylation sites is 2. The van der Waals surface area contributed by atoms with Crippen LogP contribution in [0.15, 0.2) is 73.8 Å². The molecule has 0 amide bonds. The molecule has 0 spiro atoms. The molecule has 0 saturated heterocycles. The van der Waals surface area contributed by atoms with Gasteiger partial charge in [-0.3, -0.25) is 0 Å². The van der Waals surface area contributed by atoms with E-state index in [0.717, 1.165) is 11.1 Å². The molecule has 120 valence electrons. The van der Waals surface area contributed by atoms with E-state index < -0.39 is 5.69 Å². The smallest absolute Gasteiger partial charge is 0.345 e. The summed E-state index contributed by atoms with van der Waals surface area (Å²) in [4.78, 5) is 0. The lowest BCUT2D eigenvalue weighted by Crippen LogP contribution is -1.99. The molecule has 2 nitrogen and oxygen atoms in total. The van der Waals surface area contributed by atoms with Gasteiger partial charge in [0.2, 0.25) is 0 Å². The minimum absolute atomic E-state index is 0.687. The van der Waals surface area contributed by atoms with E-state index in [1.807, 2.05) is 60.7 Å².